The number of rotatable bonds is 4. The van der Waals surface area contributed by atoms with Gasteiger partial charge in [-0.15, -0.1) is 0 Å². The third kappa shape index (κ3) is 3.09. The quantitative estimate of drug-likeness (QED) is 0.890. The van der Waals surface area contributed by atoms with Gasteiger partial charge in [0.25, 0.3) is 0 Å². The van der Waals surface area contributed by atoms with Crippen LogP contribution < -0.4 is 5.32 Å². The molecule has 0 aromatic carbocycles. The Morgan fingerprint density at radius 1 is 1.21 bits per heavy atom. The lowest BCUT2D eigenvalue weighted by molar-refractivity contribution is 0.104. The number of aromatic nitrogens is 2. The first kappa shape index (κ1) is 14.3. The summed E-state index contributed by atoms with van der Waals surface area (Å²) in [6.07, 6.45) is 0. The van der Waals surface area contributed by atoms with E-state index in [0.29, 0.717) is 6.04 Å². The number of nitrogens with zero attached hydrogens (tertiary/aromatic N) is 4. The summed E-state index contributed by atoms with van der Waals surface area (Å²) in [7, 11) is 3.97. The van der Waals surface area contributed by atoms with Gasteiger partial charge in [0.2, 0.25) is 0 Å². The van der Waals surface area contributed by atoms with Crippen LogP contribution in [0.5, 0.6) is 0 Å². The molecule has 1 aromatic rings. The van der Waals surface area contributed by atoms with Gasteiger partial charge in [0.05, 0.1) is 5.69 Å². The lowest BCUT2D eigenvalue weighted by Gasteiger charge is -2.37. The number of piperazine rings is 1. The van der Waals surface area contributed by atoms with E-state index in [1.165, 1.54) is 18.7 Å². The Balaban J connectivity index is 1.99. The number of hydrogen-bond donors (Lipinski definition) is 1. The Hall–Kier alpha value is -1.07. The largest absolute Gasteiger partial charge is 0.373 e. The minimum Gasteiger partial charge on any atom is -0.373 e. The predicted octanol–water partition coefficient (Wildman–Crippen LogP) is 1.30. The van der Waals surface area contributed by atoms with Crippen molar-refractivity contribution in [3.8, 4) is 0 Å². The highest BCUT2D eigenvalue weighted by atomic mass is 15.3. The van der Waals surface area contributed by atoms with Crippen LogP contribution in [0.2, 0.25) is 0 Å². The summed E-state index contributed by atoms with van der Waals surface area (Å²) in [4.78, 5) is 5.08. The van der Waals surface area contributed by atoms with E-state index in [1.54, 1.807) is 0 Å². The molecule has 0 aliphatic carbocycles. The van der Waals surface area contributed by atoms with Gasteiger partial charge in [-0.25, -0.2) is 0 Å². The van der Waals surface area contributed by atoms with Crippen LogP contribution in [0, 0.1) is 6.92 Å². The van der Waals surface area contributed by atoms with Crippen LogP contribution in [0.3, 0.4) is 0 Å². The van der Waals surface area contributed by atoms with Crippen LogP contribution in [0.15, 0.2) is 0 Å². The monoisotopic (exact) mass is 265 g/mol. The van der Waals surface area contributed by atoms with Crippen molar-refractivity contribution in [2.75, 3.05) is 38.5 Å². The fourth-order valence-corrected chi connectivity index (χ4v) is 2.87. The zero-order chi connectivity index (χ0) is 14.0. The van der Waals surface area contributed by atoms with Crippen molar-refractivity contribution in [1.29, 1.82) is 0 Å². The Morgan fingerprint density at radius 3 is 2.37 bits per heavy atom. The lowest BCUT2D eigenvalue weighted by Crippen LogP contribution is -2.48. The Morgan fingerprint density at radius 2 is 1.84 bits per heavy atom. The van der Waals surface area contributed by atoms with E-state index in [-0.39, 0.29) is 0 Å². The summed E-state index contributed by atoms with van der Waals surface area (Å²) in [5.74, 6) is 1.14. The fraction of sp³-hybridized carbons (Fsp3) is 0.786. The van der Waals surface area contributed by atoms with Gasteiger partial charge >= 0.3 is 0 Å². The van der Waals surface area contributed by atoms with Crippen LogP contribution in [-0.2, 0) is 13.6 Å². The molecular weight excluding hydrogens is 238 g/mol. The van der Waals surface area contributed by atoms with Crippen LogP contribution >= 0.6 is 0 Å². The van der Waals surface area contributed by atoms with Crippen molar-refractivity contribution in [3.05, 3.63) is 11.3 Å². The summed E-state index contributed by atoms with van der Waals surface area (Å²) in [5.41, 5.74) is 2.47. The smallest absolute Gasteiger partial charge is 0.128 e. The Kier molecular flexibility index (Phi) is 4.47. The van der Waals surface area contributed by atoms with E-state index in [1.807, 2.05) is 18.8 Å². The molecular formula is C14H27N5. The highest BCUT2D eigenvalue weighted by Gasteiger charge is 2.21. The van der Waals surface area contributed by atoms with Crippen molar-refractivity contribution in [2.24, 2.45) is 7.05 Å². The molecule has 1 aliphatic rings. The van der Waals surface area contributed by atoms with E-state index >= 15 is 0 Å². The summed E-state index contributed by atoms with van der Waals surface area (Å²) < 4.78 is 1.94. The van der Waals surface area contributed by atoms with Gasteiger partial charge in [0.15, 0.2) is 0 Å². The van der Waals surface area contributed by atoms with Gasteiger partial charge in [-0.2, -0.15) is 5.10 Å². The molecule has 1 fully saturated rings. The fourth-order valence-electron chi connectivity index (χ4n) is 2.87. The maximum Gasteiger partial charge on any atom is 0.128 e. The first-order chi connectivity index (χ1) is 9.02. The number of hydrogen-bond acceptors (Lipinski definition) is 4. The van der Waals surface area contributed by atoms with Crippen molar-refractivity contribution < 1.29 is 0 Å². The number of anilines is 1. The molecule has 0 radical (unpaired) electrons. The summed E-state index contributed by atoms with van der Waals surface area (Å²) in [6.45, 7) is 12.3. The van der Waals surface area contributed by atoms with Crippen LogP contribution in [0.25, 0.3) is 0 Å². The minimum absolute atomic E-state index is 0.662. The van der Waals surface area contributed by atoms with Gasteiger partial charge < -0.3 is 5.32 Å². The molecule has 2 rings (SSSR count). The molecule has 1 saturated heterocycles. The maximum atomic E-state index is 4.51. The minimum atomic E-state index is 0.662. The molecule has 5 nitrogen and oxygen atoms in total. The van der Waals surface area contributed by atoms with E-state index < -0.39 is 0 Å². The SMILES string of the molecule is CNc1c(CN2CCN(C(C)C)CC2)c(C)nn1C. The molecule has 5 heteroatoms. The molecule has 1 N–H and O–H groups in total. The van der Waals surface area contributed by atoms with Crippen LogP contribution in [0.4, 0.5) is 5.82 Å². The van der Waals surface area contributed by atoms with E-state index in [4.69, 9.17) is 0 Å². The molecule has 19 heavy (non-hydrogen) atoms. The molecule has 1 aliphatic heterocycles. The summed E-state index contributed by atoms with van der Waals surface area (Å²) >= 11 is 0. The van der Waals surface area contributed by atoms with E-state index in [0.717, 1.165) is 31.1 Å². The van der Waals surface area contributed by atoms with Gasteiger partial charge in [0.1, 0.15) is 5.82 Å². The first-order valence-corrected chi connectivity index (χ1v) is 7.19. The third-order valence-corrected chi connectivity index (χ3v) is 4.10. The Bertz CT molecular complexity index is 416. The molecule has 0 spiro atoms. The van der Waals surface area contributed by atoms with Crippen molar-refractivity contribution in [3.63, 3.8) is 0 Å². The van der Waals surface area contributed by atoms with Crippen molar-refractivity contribution in [2.45, 2.75) is 33.4 Å². The maximum absolute atomic E-state index is 4.51. The molecule has 0 amide bonds. The molecule has 0 unspecified atom stereocenters. The molecule has 1 aromatic heterocycles. The van der Waals surface area contributed by atoms with Crippen molar-refractivity contribution >= 4 is 5.82 Å². The second-order valence-corrected chi connectivity index (χ2v) is 5.69. The normalized spacial score (nSPS) is 18.2. The standard InChI is InChI=1S/C14H27N5/c1-11(2)19-8-6-18(7-9-19)10-13-12(3)16-17(5)14(13)15-4/h11,15H,6-10H2,1-5H3. The number of nitrogens with one attached hydrogen (secondary N) is 1. The predicted molar refractivity (Wildman–Crippen MR) is 79.5 cm³/mol. The topological polar surface area (TPSA) is 36.3 Å². The molecule has 0 saturated carbocycles. The zero-order valence-electron chi connectivity index (χ0n) is 12.9. The van der Waals surface area contributed by atoms with Gasteiger partial charge in [-0.3, -0.25) is 14.5 Å². The van der Waals surface area contributed by atoms with Crippen LogP contribution in [0.1, 0.15) is 25.1 Å². The van der Waals surface area contributed by atoms with Gasteiger partial charge in [0, 0.05) is 58.4 Å². The molecule has 0 atom stereocenters. The molecule has 108 valence electrons. The average molecular weight is 265 g/mol. The third-order valence-electron chi connectivity index (χ3n) is 4.10. The molecule has 2 heterocycles. The lowest BCUT2D eigenvalue weighted by atomic mass is 10.2. The van der Waals surface area contributed by atoms with E-state index in [9.17, 15) is 0 Å². The first-order valence-electron chi connectivity index (χ1n) is 7.19. The molecule has 0 bridgehead atoms. The van der Waals surface area contributed by atoms with Gasteiger partial charge in [-0.05, 0) is 20.8 Å². The summed E-state index contributed by atoms with van der Waals surface area (Å²) in [6, 6.07) is 0.662. The highest BCUT2D eigenvalue weighted by Crippen LogP contribution is 2.21. The Labute approximate surface area is 116 Å². The highest BCUT2D eigenvalue weighted by molar-refractivity contribution is 5.46. The second-order valence-electron chi connectivity index (χ2n) is 5.69. The van der Waals surface area contributed by atoms with Gasteiger partial charge in [-0.1, -0.05) is 0 Å². The zero-order valence-corrected chi connectivity index (χ0v) is 12.9. The summed E-state index contributed by atoms with van der Waals surface area (Å²) in [5, 5.41) is 7.77. The number of aryl methyl sites for hydroxylation is 2. The average Bonchev–Trinajstić information content (AvgIpc) is 2.64. The van der Waals surface area contributed by atoms with Crippen LogP contribution in [-0.4, -0.2) is 58.8 Å². The van der Waals surface area contributed by atoms with Crippen molar-refractivity contribution in [1.82, 2.24) is 19.6 Å². The second kappa shape index (κ2) is 5.92. The van der Waals surface area contributed by atoms with E-state index in [2.05, 4.69) is 41.0 Å².